The number of hydrogen-bond donors (Lipinski definition) is 0. The maximum Gasteiger partial charge on any atom is 0.334 e. The summed E-state index contributed by atoms with van der Waals surface area (Å²) in [6.45, 7) is 2.01. The predicted octanol–water partition coefficient (Wildman–Crippen LogP) is 2.06. The number of hydrogen-bond acceptors (Lipinski definition) is 3. The Morgan fingerprint density at radius 2 is 2.12 bits per heavy atom. The molecule has 0 aromatic heterocycles. The molecule has 0 aliphatic heterocycles. The van der Waals surface area contributed by atoms with Crippen LogP contribution in [0, 0.1) is 5.92 Å². The van der Waals surface area contributed by atoms with E-state index in [1.165, 1.54) is 7.11 Å². The topological polar surface area (TPSA) is 38.7 Å². The second-order valence-corrected chi connectivity index (χ2v) is 4.19. The normalized spacial score (nSPS) is 28.0. The quantitative estimate of drug-likeness (QED) is 0.574. The van der Waals surface area contributed by atoms with E-state index in [9.17, 15) is 4.79 Å². The van der Waals surface area contributed by atoms with Gasteiger partial charge in [0.1, 0.15) is 0 Å². The van der Waals surface area contributed by atoms with E-state index >= 15 is 0 Å². The molecule has 16 heavy (non-hydrogen) atoms. The minimum atomic E-state index is -0.620. The van der Waals surface area contributed by atoms with Crippen molar-refractivity contribution in [2.75, 3.05) is 7.11 Å². The first-order chi connectivity index (χ1) is 7.69. The van der Waals surface area contributed by atoms with Crippen LogP contribution in [0.1, 0.15) is 18.9 Å². The highest BCUT2D eigenvalue weighted by Crippen LogP contribution is 2.47. The van der Waals surface area contributed by atoms with Crippen LogP contribution in [0.4, 0.5) is 0 Å². The molecule has 0 radical (unpaired) electrons. The molecule has 0 unspecified atom stereocenters. The number of aliphatic imine (C=N–C) groups is 1. The summed E-state index contributed by atoms with van der Waals surface area (Å²) in [5.41, 5.74) is 0.384. The fraction of sp³-hybridized carbons (Fsp3) is 0.385. The molecule has 3 heteroatoms. The highest BCUT2D eigenvalue weighted by Gasteiger charge is 2.58. The lowest BCUT2D eigenvalue weighted by atomic mass is 10.2. The average molecular weight is 217 g/mol. The minimum Gasteiger partial charge on any atom is -0.467 e. The first-order valence-electron chi connectivity index (χ1n) is 5.38. The fourth-order valence-corrected chi connectivity index (χ4v) is 1.83. The zero-order valence-corrected chi connectivity index (χ0v) is 9.51. The van der Waals surface area contributed by atoms with Gasteiger partial charge >= 0.3 is 5.97 Å². The van der Waals surface area contributed by atoms with Crippen molar-refractivity contribution >= 4 is 12.2 Å². The monoisotopic (exact) mass is 217 g/mol. The molecule has 1 aliphatic rings. The van der Waals surface area contributed by atoms with Gasteiger partial charge in [0.25, 0.3) is 0 Å². The maximum atomic E-state index is 11.6. The number of methoxy groups -OCH3 is 1. The van der Waals surface area contributed by atoms with Gasteiger partial charge in [0.05, 0.1) is 7.11 Å². The smallest absolute Gasteiger partial charge is 0.334 e. The van der Waals surface area contributed by atoms with Crippen LogP contribution in [0.3, 0.4) is 0 Å². The van der Waals surface area contributed by atoms with E-state index < -0.39 is 5.54 Å². The Bertz CT molecular complexity index is 413. The minimum absolute atomic E-state index is 0.229. The third-order valence-electron chi connectivity index (χ3n) is 3.05. The van der Waals surface area contributed by atoms with Crippen LogP contribution >= 0.6 is 0 Å². The summed E-state index contributed by atoms with van der Waals surface area (Å²) in [7, 11) is 1.41. The predicted molar refractivity (Wildman–Crippen MR) is 62.6 cm³/mol. The summed E-state index contributed by atoms with van der Waals surface area (Å²) in [5, 5.41) is 0. The van der Waals surface area contributed by atoms with E-state index in [4.69, 9.17) is 4.74 Å². The molecule has 1 fully saturated rings. The highest BCUT2D eigenvalue weighted by atomic mass is 16.5. The first-order valence-corrected chi connectivity index (χ1v) is 5.38. The lowest BCUT2D eigenvalue weighted by Crippen LogP contribution is -2.24. The number of nitrogens with zero attached hydrogens (tertiary/aromatic N) is 1. The van der Waals surface area contributed by atoms with Gasteiger partial charge in [-0.2, -0.15) is 0 Å². The molecule has 0 spiro atoms. The number of ether oxygens (including phenoxy) is 1. The largest absolute Gasteiger partial charge is 0.467 e. The molecular weight excluding hydrogens is 202 g/mol. The molecule has 2 rings (SSSR count). The number of rotatable bonds is 3. The van der Waals surface area contributed by atoms with Gasteiger partial charge in [0, 0.05) is 6.21 Å². The Morgan fingerprint density at radius 1 is 1.50 bits per heavy atom. The second-order valence-electron chi connectivity index (χ2n) is 4.19. The van der Waals surface area contributed by atoms with Gasteiger partial charge < -0.3 is 4.74 Å². The van der Waals surface area contributed by atoms with Crippen molar-refractivity contribution in [1.82, 2.24) is 0 Å². The van der Waals surface area contributed by atoms with Gasteiger partial charge in [-0.05, 0) is 17.9 Å². The van der Waals surface area contributed by atoms with Crippen molar-refractivity contribution in [2.24, 2.45) is 10.9 Å². The molecule has 0 bridgehead atoms. The van der Waals surface area contributed by atoms with Crippen molar-refractivity contribution in [3.05, 3.63) is 35.9 Å². The fourth-order valence-electron chi connectivity index (χ4n) is 1.83. The van der Waals surface area contributed by atoms with E-state index in [1.54, 1.807) is 6.21 Å². The SMILES string of the molecule is COC(=O)[C@@]1(N=Cc2ccccc2)C[C@@H]1C. The maximum absolute atomic E-state index is 11.6. The van der Waals surface area contributed by atoms with Gasteiger partial charge in [-0.25, -0.2) is 4.79 Å². The van der Waals surface area contributed by atoms with Crippen molar-refractivity contribution in [1.29, 1.82) is 0 Å². The van der Waals surface area contributed by atoms with E-state index in [0.29, 0.717) is 0 Å². The summed E-state index contributed by atoms with van der Waals surface area (Å²) in [6, 6.07) is 9.77. The second kappa shape index (κ2) is 4.08. The van der Waals surface area contributed by atoms with Gasteiger partial charge in [-0.3, -0.25) is 4.99 Å². The van der Waals surface area contributed by atoms with Crippen LogP contribution in [0.2, 0.25) is 0 Å². The zero-order chi connectivity index (χ0) is 11.6. The molecule has 1 aliphatic carbocycles. The molecule has 1 saturated carbocycles. The third kappa shape index (κ3) is 1.85. The van der Waals surface area contributed by atoms with Crippen molar-refractivity contribution in [3.8, 4) is 0 Å². The lowest BCUT2D eigenvalue weighted by molar-refractivity contribution is -0.143. The molecule has 84 valence electrons. The van der Waals surface area contributed by atoms with Crippen LogP contribution in [-0.4, -0.2) is 24.8 Å². The Balaban J connectivity index is 2.15. The van der Waals surface area contributed by atoms with Crippen LogP contribution in [-0.2, 0) is 9.53 Å². The van der Waals surface area contributed by atoms with E-state index in [0.717, 1.165) is 12.0 Å². The Labute approximate surface area is 95.2 Å². The highest BCUT2D eigenvalue weighted by molar-refractivity contribution is 5.89. The van der Waals surface area contributed by atoms with E-state index in [2.05, 4.69) is 4.99 Å². The zero-order valence-electron chi connectivity index (χ0n) is 9.51. The number of carbonyl (C=O) groups excluding carboxylic acids is 1. The Kier molecular flexibility index (Phi) is 2.77. The average Bonchev–Trinajstić information content (AvgIpc) is 2.99. The summed E-state index contributed by atoms with van der Waals surface area (Å²) in [6.07, 6.45) is 2.53. The van der Waals surface area contributed by atoms with Gasteiger partial charge in [-0.1, -0.05) is 37.3 Å². The number of benzene rings is 1. The molecule has 0 heterocycles. The van der Waals surface area contributed by atoms with Crippen molar-refractivity contribution in [2.45, 2.75) is 18.9 Å². The number of esters is 1. The Hall–Kier alpha value is -1.64. The lowest BCUT2D eigenvalue weighted by Gasteiger charge is -2.07. The third-order valence-corrected chi connectivity index (χ3v) is 3.05. The molecule has 0 amide bonds. The molecule has 0 saturated heterocycles. The van der Waals surface area contributed by atoms with Crippen LogP contribution in [0.15, 0.2) is 35.3 Å². The van der Waals surface area contributed by atoms with Gasteiger partial charge in [0.2, 0.25) is 0 Å². The molecule has 1 aromatic rings. The molecule has 0 N–H and O–H groups in total. The van der Waals surface area contributed by atoms with Crippen LogP contribution in [0.25, 0.3) is 0 Å². The van der Waals surface area contributed by atoms with Crippen LogP contribution in [0.5, 0.6) is 0 Å². The Morgan fingerprint density at radius 3 is 2.62 bits per heavy atom. The molecule has 3 nitrogen and oxygen atoms in total. The summed E-state index contributed by atoms with van der Waals surface area (Å²) in [4.78, 5) is 16.0. The summed E-state index contributed by atoms with van der Waals surface area (Å²) in [5.74, 6) is 0.0482. The van der Waals surface area contributed by atoms with E-state index in [1.807, 2.05) is 37.3 Å². The molecule has 1 aromatic carbocycles. The van der Waals surface area contributed by atoms with E-state index in [-0.39, 0.29) is 11.9 Å². The number of carbonyl (C=O) groups is 1. The molecule has 2 atom stereocenters. The van der Waals surface area contributed by atoms with Crippen molar-refractivity contribution in [3.63, 3.8) is 0 Å². The van der Waals surface area contributed by atoms with Crippen molar-refractivity contribution < 1.29 is 9.53 Å². The van der Waals surface area contributed by atoms with Gasteiger partial charge in [-0.15, -0.1) is 0 Å². The first kappa shape index (κ1) is 10.9. The van der Waals surface area contributed by atoms with Gasteiger partial charge in [0.15, 0.2) is 5.54 Å². The molecular formula is C13H15NO2. The summed E-state index contributed by atoms with van der Waals surface area (Å²) < 4.78 is 4.78. The summed E-state index contributed by atoms with van der Waals surface area (Å²) >= 11 is 0. The standard InChI is InChI=1S/C13H15NO2/c1-10-8-13(10,12(15)16-2)14-9-11-6-4-3-5-7-11/h3-7,9-10H,8H2,1-2H3/t10-,13+/m0/s1. The van der Waals surface area contributed by atoms with Crippen LogP contribution < -0.4 is 0 Å².